The SMILES string of the molecule is [3H]c1ccc(OCc2c(-n3nnn(C)c3=O)cnnc2C)c(C)c1.[3H]c1ccc(OCc2c(-n3nnn(C)c3=O)cnnc2C2CC2)c(C)c1.[3H]c1ccc(OCc2c(-n3nnn(C)c3=O)cnnc2CC)c(C)c1.[3H]c1ccc(OCc2c(-n3nnn(C)c3=O)cnnc2I)c(C)c1. The minimum atomic E-state index is -0.380. The number of ether oxygens (including phenoxy) is 4. The summed E-state index contributed by atoms with van der Waals surface area (Å²) in [7, 11) is 6.12. The highest BCUT2D eigenvalue weighted by atomic mass is 127. The number of hydrogen-bond acceptors (Lipinski definition) is 24. The zero-order valence-electron chi connectivity index (χ0n) is 57.1. The van der Waals surface area contributed by atoms with Gasteiger partial charge in [-0.1, -0.05) is 79.6 Å². The summed E-state index contributed by atoms with van der Waals surface area (Å²) >= 11 is 2.03. The van der Waals surface area contributed by atoms with Crippen LogP contribution in [0, 0.1) is 38.3 Å². The number of aromatic nitrogens is 24. The Morgan fingerprint density at radius 2 is 0.758 bits per heavy atom. The first-order chi connectivity index (χ1) is 47.5. The van der Waals surface area contributed by atoms with Gasteiger partial charge in [-0.25, -0.2) is 19.2 Å². The lowest BCUT2D eigenvalue weighted by Gasteiger charge is -2.14. The molecule has 1 fully saturated rings. The number of para-hydroxylation sites is 4. The number of nitrogens with zero attached hydrogens (tertiary/aromatic N) is 24. The average molecular weight is 1410 g/mol. The Hall–Kier alpha value is -11.4. The van der Waals surface area contributed by atoms with Crippen LogP contribution in [0.2, 0.25) is 0 Å². The van der Waals surface area contributed by atoms with E-state index in [0.29, 0.717) is 103 Å². The zero-order chi connectivity index (χ0) is 70.8. The summed E-state index contributed by atoms with van der Waals surface area (Å²) in [5.41, 5.74) is 9.09. The van der Waals surface area contributed by atoms with Crippen molar-refractivity contribution in [1.82, 2.24) is 120 Å². The predicted octanol–water partition coefficient (Wildman–Crippen LogP) is 4.93. The van der Waals surface area contributed by atoms with Crippen LogP contribution < -0.4 is 41.7 Å². The fraction of sp³-hybridized carbons (Fsp3) is 0.290. The second kappa shape index (κ2) is 30.4. The Kier molecular flexibility index (Phi) is 19.5. The normalized spacial score (nSPS) is 12.2. The Bertz CT molecular complexity index is 5010. The predicted molar refractivity (Wildman–Crippen MR) is 350 cm³/mol. The van der Waals surface area contributed by atoms with Crippen LogP contribution in [0.1, 0.15) is 92.8 Å². The monoisotopic (exact) mass is 1410 g/mol. The molecule has 0 radical (unpaired) electrons. The van der Waals surface area contributed by atoms with E-state index in [4.69, 9.17) is 24.4 Å². The van der Waals surface area contributed by atoms with E-state index in [1.54, 1.807) is 86.8 Å². The van der Waals surface area contributed by atoms with Gasteiger partial charge in [0.05, 0.1) is 52.9 Å². The van der Waals surface area contributed by atoms with Crippen molar-refractivity contribution in [3.8, 4) is 45.7 Å². The van der Waals surface area contributed by atoms with E-state index >= 15 is 0 Å². The lowest BCUT2D eigenvalue weighted by atomic mass is 10.1. The molecule has 0 aliphatic heterocycles. The van der Waals surface area contributed by atoms with E-state index in [9.17, 15) is 19.2 Å². The molecule has 0 atom stereocenters. The summed E-state index contributed by atoms with van der Waals surface area (Å²) in [5, 5.41) is 62.6. The molecule has 0 bridgehead atoms. The van der Waals surface area contributed by atoms with Gasteiger partial charge in [0.15, 0.2) is 0 Å². The summed E-state index contributed by atoms with van der Waals surface area (Å²) in [5.74, 6) is 3.03. The molecule has 0 saturated heterocycles. The van der Waals surface area contributed by atoms with Gasteiger partial charge in [0.2, 0.25) is 0 Å². The maximum absolute atomic E-state index is 12.3. The molecule has 8 aromatic heterocycles. The molecule has 0 N–H and O–H groups in total. The fourth-order valence-corrected chi connectivity index (χ4v) is 9.70. The summed E-state index contributed by atoms with van der Waals surface area (Å²) in [6, 6.07) is 22.3. The third kappa shape index (κ3) is 15.6. The highest BCUT2D eigenvalue weighted by Gasteiger charge is 2.31. The number of rotatable bonds is 18. The number of hydrogen-bond donors (Lipinski definition) is 0. The summed E-state index contributed by atoms with van der Waals surface area (Å²) in [6.45, 7) is 12.1. The van der Waals surface area contributed by atoms with E-state index < -0.39 is 0 Å². The number of tetrazole rings is 4. The van der Waals surface area contributed by atoms with Crippen LogP contribution >= 0.6 is 22.6 Å². The van der Waals surface area contributed by atoms with Crippen molar-refractivity contribution in [2.75, 3.05) is 0 Å². The molecule has 1 aliphatic carbocycles. The first kappa shape index (κ1) is 61.1. The Morgan fingerprint density at radius 3 is 1.13 bits per heavy atom. The van der Waals surface area contributed by atoms with Gasteiger partial charge >= 0.3 is 22.8 Å². The molecule has 488 valence electrons. The van der Waals surface area contributed by atoms with Gasteiger partial charge in [0.1, 0.15) is 75.9 Å². The van der Waals surface area contributed by atoms with Gasteiger partial charge in [-0.2, -0.15) is 73.1 Å². The Labute approximate surface area is 560 Å². The van der Waals surface area contributed by atoms with Gasteiger partial charge in [-0.05, 0) is 165 Å². The molecule has 1 saturated carbocycles. The molecule has 12 aromatic rings. The minimum absolute atomic E-state index is 0.185. The molecule has 0 spiro atoms. The van der Waals surface area contributed by atoms with Gasteiger partial charge in [-0.3, -0.25) is 0 Å². The number of benzene rings is 4. The van der Waals surface area contributed by atoms with Gasteiger partial charge in [-0.15, -0.1) is 5.10 Å². The summed E-state index contributed by atoms with van der Waals surface area (Å²) in [6.07, 6.45) is 8.64. The number of halogens is 1. The molecular weight excluding hydrogens is 1340 g/mol. The first-order valence-electron chi connectivity index (χ1n) is 31.3. The fourth-order valence-electron chi connectivity index (χ4n) is 9.15. The second-order valence-electron chi connectivity index (χ2n) is 21.3. The third-order valence-corrected chi connectivity index (χ3v) is 15.5. The van der Waals surface area contributed by atoms with Crippen molar-refractivity contribution >= 4 is 22.6 Å². The molecule has 1 aliphatic rings. The molecule has 32 nitrogen and oxygen atoms in total. The lowest BCUT2D eigenvalue weighted by Crippen LogP contribution is -2.24. The van der Waals surface area contributed by atoms with Crippen LogP contribution in [0.25, 0.3) is 22.7 Å². The van der Waals surface area contributed by atoms with Gasteiger partial charge in [0, 0.05) is 50.8 Å². The summed E-state index contributed by atoms with van der Waals surface area (Å²) < 4.78 is 64.0. The van der Waals surface area contributed by atoms with E-state index in [0.717, 1.165) is 76.3 Å². The largest absolute Gasteiger partial charge is 0.488 e. The highest BCUT2D eigenvalue weighted by Crippen LogP contribution is 2.41. The van der Waals surface area contributed by atoms with Crippen LogP contribution in [0.3, 0.4) is 0 Å². The van der Waals surface area contributed by atoms with E-state index in [2.05, 4.69) is 82.5 Å². The molecule has 4 aromatic carbocycles. The molecule has 0 unspecified atom stereocenters. The molecular formula is C62H65IN24O8. The maximum atomic E-state index is 12.3. The van der Waals surface area contributed by atoms with Crippen molar-refractivity contribution in [2.45, 2.75) is 93.2 Å². The number of aryl methyl sites for hydroxylation is 10. The molecule has 95 heavy (non-hydrogen) atoms. The second-order valence-corrected chi connectivity index (χ2v) is 22.3. The molecule has 0 amide bonds. The Morgan fingerprint density at radius 1 is 0.432 bits per heavy atom. The van der Waals surface area contributed by atoms with Gasteiger partial charge in [0.25, 0.3) is 0 Å². The smallest absolute Gasteiger partial charge is 0.368 e. The third-order valence-electron chi connectivity index (χ3n) is 14.7. The van der Waals surface area contributed by atoms with Crippen LogP contribution in [-0.2, 0) is 61.0 Å². The minimum Gasteiger partial charge on any atom is -0.488 e. The van der Waals surface area contributed by atoms with Gasteiger partial charge < -0.3 is 18.9 Å². The van der Waals surface area contributed by atoms with Crippen molar-refractivity contribution in [3.63, 3.8) is 0 Å². The van der Waals surface area contributed by atoms with Crippen LogP contribution in [0.15, 0.2) is 141 Å². The average Bonchev–Trinajstić information content (AvgIpc) is 1.68. The van der Waals surface area contributed by atoms with Crippen molar-refractivity contribution < 1.29 is 24.4 Å². The van der Waals surface area contributed by atoms with Crippen LogP contribution in [-0.4, -0.2) is 120 Å². The van der Waals surface area contributed by atoms with E-state index in [1.807, 2.05) is 57.2 Å². The standard InChI is InChI=1S/C17H18N6O2.C16H18N6O2.C15H16N6O2.C14H13IN6O2/c1-11-5-3-4-6-15(11)25-10-13-14(23-17(24)22(2)20-21-23)9-18-19-16(13)12-7-8-12;1-4-13-12(10-24-15-8-6-5-7-11(15)2)14(9-17-18-13)22-16(23)21(3)19-20-22;1-10-6-4-5-7-14(10)23-9-12-11(2)17-16-8-13(12)21-15(22)20(3)18-19-21;1-9-5-3-4-6-12(9)23-8-10-11(7-16-17-13(10)15)21-14(22)20(2)18-19-21/h3-6,9,12H,7-8,10H2,1-2H3;5-9H,4,10H2,1-3H3;4-8H,9H2,1-3H3;3-7H,8H2,1-2H3/i3T;5T;4T;3T. The van der Waals surface area contributed by atoms with Crippen molar-refractivity contribution in [3.05, 3.63) is 229 Å². The molecule has 8 heterocycles. The van der Waals surface area contributed by atoms with Crippen LogP contribution in [0.4, 0.5) is 0 Å². The molecule has 13 rings (SSSR count). The lowest BCUT2D eigenvalue weighted by molar-refractivity contribution is 0.301. The maximum Gasteiger partial charge on any atom is 0.368 e. The first-order valence-corrected chi connectivity index (χ1v) is 30.3. The topological polar surface area (TPSA) is 351 Å². The van der Waals surface area contributed by atoms with Crippen LogP contribution in [0.5, 0.6) is 23.0 Å². The zero-order valence-corrected chi connectivity index (χ0v) is 55.3. The van der Waals surface area contributed by atoms with Crippen molar-refractivity contribution in [1.29, 1.82) is 0 Å². The van der Waals surface area contributed by atoms with E-state index in [-0.39, 0.29) is 49.2 Å². The van der Waals surface area contributed by atoms with Crippen molar-refractivity contribution in [2.24, 2.45) is 28.2 Å². The van der Waals surface area contributed by atoms with E-state index in [1.165, 1.54) is 64.7 Å². The molecule has 33 heteroatoms. The summed E-state index contributed by atoms with van der Waals surface area (Å²) in [4.78, 5) is 48.6. The highest BCUT2D eigenvalue weighted by molar-refractivity contribution is 14.1. The quantitative estimate of drug-likeness (QED) is 0.103. The Balaban J connectivity index is 0.000000143.